The number of carbonyl (C=O) groups is 1. The molecule has 3 rings (SSSR count). The summed E-state index contributed by atoms with van der Waals surface area (Å²) in [6.07, 6.45) is 1.70. The van der Waals surface area contributed by atoms with Crippen LogP contribution in [0.2, 0.25) is 0 Å². The van der Waals surface area contributed by atoms with Crippen molar-refractivity contribution in [3.05, 3.63) is 42.1 Å². The van der Waals surface area contributed by atoms with E-state index in [1.165, 1.54) is 0 Å². The molecule has 0 saturated carbocycles. The number of rotatable bonds is 1. The molecule has 0 spiro atoms. The van der Waals surface area contributed by atoms with Gasteiger partial charge in [0, 0.05) is 23.7 Å². The molecule has 1 amide bonds. The first-order valence-corrected chi connectivity index (χ1v) is 6.43. The Morgan fingerprint density at radius 1 is 1.40 bits per heavy atom. The number of pyridine rings is 1. The van der Waals surface area contributed by atoms with E-state index in [0.29, 0.717) is 18.7 Å². The van der Waals surface area contributed by atoms with Gasteiger partial charge in [0.1, 0.15) is 6.04 Å². The minimum atomic E-state index is -0.525. The molecule has 1 atom stereocenters. The molecule has 0 N–H and O–H groups in total. The number of morpholine rings is 1. The third kappa shape index (κ3) is 2.10. The Morgan fingerprint density at radius 3 is 3.15 bits per heavy atom. The number of amides is 1. The molecule has 1 unspecified atom stereocenters. The second kappa shape index (κ2) is 5.27. The molecular weight excluding hydrogens is 254 g/mol. The van der Waals surface area contributed by atoms with Gasteiger partial charge in [0.05, 0.1) is 24.8 Å². The van der Waals surface area contributed by atoms with Crippen molar-refractivity contribution in [3.63, 3.8) is 0 Å². The lowest BCUT2D eigenvalue weighted by molar-refractivity contribution is 0.0133. The summed E-state index contributed by atoms with van der Waals surface area (Å²) >= 11 is 0. The molecule has 1 aliphatic rings. The van der Waals surface area contributed by atoms with Gasteiger partial charge in [0.15, 0.2) is 0 Å². The van der Waals surface area contributed by atoms with Crippen molar-refractivity contribution < 1.29 is 9.53 Å². The van der Waals surface area contributed by atoms with Crippen LogP contribution in [0.5, 0.6) is 0 Å². The van der Waals surface area contributed by atoms with E-state index >= 15 is 0 Å². The number of fused-ring (bicyclic) bond motifs is 1. The highest BCUT2D eigenvalue weighted by atomic mass is 16.5. The average molecular weight is 267 g/mol. The number of ether oxygens (including phenoxy) is 1. The molecule has 1 saturated heterocycles. The van der Waals surface area contributed by atoms with Gasteiger partial charge in [-0.2, -0.15) is 5.26 Å². The summed E-state index contributed by atoms with van der Waals surface area (Å²) in [4.78, 5) is 18.5. The topological polar surface area (TPSA) is 66.2 Å². The van der Waals surface area contributed by atoms with Gasteiger partial charge in [-0.05, 0) is 18.2 Å². The molecule has 0 radical (unpaired) electrons. The molecule has 2 heterocycles. The first kappa shape index (κ1) is 12.6. The molecule has 1 fully saturated rings. The van der Waals surface area contributed by atoms with Crippen molar-refractivity contribution in [3.8, 4) is 6.07 Å². The molecule has 20 heavy (non-hydrogen) atoms. The lowest BCUT2D eigenvalue weighted by Crippen LogP contribution is -2.48. The Balaban J connectivity index is 2.02. The van der Waals surface area contributed by atoms with Gasteiger partial charge >= 0.3 is 0 Å². The predicted octanol–water partition coefficient (Wildman–Crippen LogP) is 1.60. The summed E-state index contributed by atoms with van der Waals surface area (Å²) in [6.45, 7) is 1.17. The van der Waals surface area contributed by atoms with Crippen molar-refractivity contribution in [2.75, 3.05) is 19.8 Å². The van der Waals surface area contributed by atoms with E-state index in [1.54, 1.807) is 23.2 Å². The van der Waals surface area contributed by atoms with Crippen molar-refractivity contribution in [2.45, 2.75) is 6.04 Å². The van der Waals surface area contributed by atoms with Crippen LogP contribution in [0.4, 0.5) is 0 Å². The molecule has 2 aromatic rings. The van der Waals surface area contributed by atoms with E-state index in [2.05, 4.69) is 11.1 Å². The number of carbonyl (C=O) groups excluding carboxylic acids is 1. The Labute approximate surface area is 116 Å². The van der Waals surface area contributed by atoms with E-state index in [4.69, 9.17) is 10.00 Å². The molecule has 0 aliphatic carbocycles. The number of aromatic nitrogens is 1. The Bertz CT molecular complexity index is 688. The summed E-state index contributed by atoms with van der Waals surface area (Å²) in [5.41, 5.74) is 1.36. The summed E-state index contributed by atoms with van der Waals surface area (Å²) in [5, 5.41) is 9.94. The highest BCUT2D eigenvalue weighted by Gasteiger charge is 2.28. The quantitative estimate of drug-likeness (QED) is 0.787. The third-order valence-corrected chi connectivity index (χ3v) is 3.41. The summed E-state index contributed by atoms with van der Waals surface area (Å²) in [6, 6.07) is 10.7. The van der Waals surface area contributed by atoms with Crippen molar-refractivity contribution in [2.24, 2.45) is 0 Å². The van der Waals surface area contributed by atoms with E-state index in [-0.39, 0.29) is 12.5 Å². The van der Waals surface area contributed by atoms with Crippen LogP contribution < -0.4 is 0 Å². The molecular formula is C15H13N3O2. The molecule has 100 valence electrons. The van der Waals surface area contributed by atoms with Crippen LogP contribution in [0, 0.1) is 11.3 Å². The predicted molar refractivity (Wildman–Crippen MR) is 73.0 cm³/mol. The van der Waals surface area contributed by atoms with Crippen molar-refractivity contribution in [1.82, 2.24) is 9.88 Å². The second-order valence-electron chi connectivity index (χ2n) is 4.59. The maximum Gasteiger partial charge on any atom is 0.255 e. The van der Waals surface area contributed by atoms with Gasteiger partial charge in [-0.25, -0.2) is 0 Å². The van der Waals surface area contributed by atoms with E-state index in [1.807, 2.05) is 18.2 Å². The van der Waals surface area contributed by atoms with Gasteiger partial charge in [0.25, 0.3) is 5.91 Å². The van der Waals surface area contributed by atoms with Gasteiger partial charge in [-0.15, -0.1) is 0 Å². The number of hydrogen-bond donors (Lipinski definition) is 0. The van der Waals surface area contributed by atoms with E-state index in [0.717, 1.165) is 10.9 Å². The maximum absolute atomic E-state index is 12.7. The number of hydrogen-bond acceptors (Lipinski definition) is 4. The molecule has 0 bridgehead atoms. The van der Waals surface area contributed by atoms with Gasteiger partial charge < -0.3 is 9.64 Å². The van der Waals surface area contributed by atoms with Crippen LogP contribution in [0.3, 0.4) is 0 Å². The lowest BCUT2D eigenvalue weighted by atomic mass is 10.1. The molecule has 1 aliphatic heterocycles. The monoisotopic (exact) mass is 267 g/mol. The SMILES string of the molecule is N#CC1COCCN1C(=O)c1cccc2ncccc12. The number of nitrogens with zero attached hydrogens (tertiary/aromatic N) is 3. The van der Waals surface area contributed by atoms with Crippen LogP contribution in [-0.2, 0) is 4.74 Å². The van der Waals surface area contributed by atoms with Crippen LogP contribution in [0.25, 0.3) is 10.9 Å². The van der Waals surface area contributed by atoms with Crippen LogP contribution in [0.1, 0.15) is 10.4 Å². The summed E-state index contributed by atoms with van der Waals surface area (Å²) in [7, 11) is 0. The van der Waals surface area contributed by atoms with Crippen LogP contribution in [0.15, 0.2) is 36.5 Å². The highest BCUT2D eigenvalue weighted by Crippen LogP contribution is 2.20. The zero-order valence-corrected chi connectivity index (χ0v) is 10.8. The van der Waals surface area contributed by atoms with E-state index < -0.39 is 6.04 Å². The van der Waals surface area contributed by atoms with Gasteiger partial charge in [0.2, 0.25) is 0 Å². The molecule has 5 nitrogen and oxygen atoms in total. The zero-order valence-electron chi connectivity index (χ0n) is 10.8. The highest BCUT2D eigenvalue weighted by molar-refractivity contribution is 6.06. The standard InChI is InChI=1S/C15H13N3O2/c16-9-11-10-20-8-7-18(11)15(19)13-3-1-5-14-12(13)4-2-6-17-14/h1-6,11H,7-8,10H2. The first-order valence-electron chi connectivity index (χ1n) is 6.43. The smallest absolute Gasteiger partial charge is 0.255 e. The largest absolute Gasteiger partial charge is 0.376 e. The molecule has 1 aromatic heterocycles. The van der Waals surface area contributed by atoms with Crippen molar-refractivity contribution in [1.29, 1.82) is 5.26 Å². The second-order valence-corrected chi connectivity index (χ2v) is 4.59. The van der Waals surface area contributed by atoms with Crippen LogP contribution >= 0.6 is 0 Å². The van der Waals surface area contributed by atoms with Gasteiger partial charge in [-0.3, -0.25) is 9.78 Å². The fraction of sp³-hybridized carbons (Fsp3) is 0.267. The summed E-state index contributed by atoms with van der Waals surface area (Å²) in [5.74, 6) is -0.140. The minimum absolute atomic E-state index is 0.140. The normalized spacial score (nSPS) is 18.8. The zero-order chi connectivity index (χ0) is 13.9. The van der Waals surface area contributed by atoms with E-state index in [9.17, 15) is 4.79 Å². The number of benzene rings is 1. The third-order valence-electron chi connectivity index (χ3n) is 3.41. The minimum Gasteiger partial charge on any atom is -0.376 e. The Hall–Kier alpha value is -2.45. The Kier molecular flexibility index (Phi) is 3.32. The van der Waals surface area contributed by atoms with Crippen molar-refractivity contribution >= 4 is 16.8 Å². The average Bonchev–Trinajstić information content (AvgIpc) is 2.53. The summed E-state index contributed by atoms with van der Waals surface area (Å²) < 4.78 is 5.25. The lowest BCUT2D eigenvalue weighted by Gasteiger charge is -2.31. The maximum atomic E-state index is 12.7. The fourth-order valence-corrected chi connectivity index (χ4v) is 2.40. The molecule has 1 aromatic carbocycles. The molecule has 5 heteroatoms. The fourth-order valence-electron chi connectivity index (χ4n) is 2.40. The number of nitriles is 1. The first-order chi connectivity index (χ1) is 9.81. The van der Waals surface area contributed by atoms with Gasteiger partial charge in [-0.1, -0.05) is 12.1 Å². The van der Waals surface area contributed by atoms with Crippen LogP contribution in [-0.4, -0.2) is 41.6 Å². The Morgan fingerprint density at radius 2 is 2.30 bits per heavy atom.